The summed E-state index contributed by atoms with van der Waals surface area (Å²) in [7, 11) is 0. The molecule has 2 aromatic carbocycles. The van der Waals surface area contributed by atoms with E-state index in [0.29, 0.717) is 58.6 Å². The molecule has 0 radical (unpaired) electrons. The molecule has 0 heterocycles. The predicted molar refractivity (Wildman–Crippen MR) is 111 cm³/mol. The van der Waals surface area contributed by atoms with Crippen molar-refractivity contribution >= 4 is 21.6 Å². The van der Waals surface area contributed by atoms with Crippen LogP contribution in [-0.2, 0) is 14.2 Å². The zero-order valence-electron chi connectivity index (χ0n) is 16.0. The zero-order chi connectivity index (χ0) is 20.7. The van der Waals surface area contributed by atoms with Crippen molar-refractivity contribution in [2.45, 2.75) is 0 Å². The van der Waals surface area contributed by atoms with E-state index in [2.05, 4.69) is 15.9 Å². The van der Waals surface area contributed by atoms with E-state index >= 15 is 0 Å². The summed E-state index contributed by atoms with van der Waals surface area (Å²) in [4.78, 5) is 10.1. The van der Waals surface area contributed by atoms with Gasteiger partial charge in [-0.05, 0) is 36.4 Å². The van der Waals surface area contributed by atoms with Crippen LogP contribution < -0.4 is 9.47 Å². The summed E-state index contributed by atoms with van der Waals surface area (Å²) in [6, 6.07) is 13.6. The first-order valence-corrected chi connectivity index (χ1v) is 9.93. The molecule has 2 aromatic rings. The average Bonchev–Trinajstić information content (AvgIpc) is 2.73. The molecule has 0 aliphatic heterocycles. The molecule has 0 saturated carbocycles. The number of hydrogen-bond donors (Lipinski definition) is 0. The van der Waals surface area contributed by atoms with Gasteiger partial charge in [-0.1, -0.05) is 15.9 Å². The van der Waals surface area contributed by atoms with Crippen molar-refractivity contribution in [3.8, 4) is 11.5 Å². The smallest absolute Gasteiger partial charge is 0.269 e. The number of ether oxygens (including phenoxy) is 5. The molecule has 158 valence electrons. The highest BCUT2D eigenvalue weighted by molar-refractivity contribution is 9.10. The Kier molecular flexibility index (Phi) is 11.1. The number of benzene rings is 2. The van der Waals surface area contributed by atoms with Gasteiger partial charge in [-0.25, -0.2) is 0 Å². The highest BCUT2D eigenvalue weighted by atomic mass is 79.9. The van der Waals surface area contributed by atoms with Crippen LogP contribution in [0.1, 0.15) is 0 Å². The lowest BCUT2D eigenvalue weighted by molar-refractivity contribution is -0.384. The van der Waals surface area contributed by atoms with Crippen molar-refractivity contribution in [2.75, 3.05) is 52.9 Å². The molecule has 8 nitrogen and oxygen atoms in total. The molecule has 0 spiro atoms. The first-order valence-electron chi connectivity index (χ1n) is 9.14. The van der Waals surface area contributed by atoms with Crippen molar-refractivity contribution in [3.63, 3.8) is 0 Å². The van der Waals surface area contributed by atoms with E-state index in [9.17, 15) is 10.1 Å². The molecule has 29 heavy (non-hydrogen) atoms. The molecule has 0 amide bonds. The molecule has 0 saturated heterocycles. The van der Waals surface area contributed by atoms with Gasteiger partial charge >= 0.3 is 0 Å². The molecule has 0 aromatic heterocycles. The maximum Gasteiger partial charge on any atom is 0.269 e. The highest BCUT2D eigenvalue weighted by Gasteiger charge is 2.04. The predicted octanol–water partition coefficient (Wildman–Crippen LogP) is 3.86. The number of nitrogens with zero attached hydrogens (tertiary/aromatic N) is 1. The summed E-state index contributed by atoms with van der Waals surface area (Å²) in [5.41, 5.74) is 0.0341. The van der Waals surface area contributed by atoms with E-state index < -0.39 is 4.92 Å². The van der Waals surface area contributed by atoms with Crippen LogP contribution in [0, 0.1) is 10.1 Å². The van der Waals surface area contributed by atoms with Gasteiger partial charge in [-0.3, -0.25) is 10.1 Å². The molecule has 0 bridgehead atoms. The third kappa shape index (κ3) is 10.2. The molecular formula is C20H24BrNO7. The Morgan fingerprint density at radius 1 is 0.655 bits per heavy atom. The maximum atomic E-state index is 10.6. The number of nitro benzene ring substituents is 1. The molecular weight excluding hydrogens is 446 g/mol. The summed E-state index contributed by atoms with van der Waals surface area (Å²) in [5, 5.41) is 10.6. The van der Waals surface area contributed by atoms with Gasteiger partial charge in [0, 0.05) is 16.6 Å². The van der Waals surface area contributed by atoms with E-state index in [1.54, 1.807) is 12.1 Å². The zero-order valence-corrected chi connectivity index (χ0v) is 17.5. The number of halogens is 1. The molecule has 0 aliphatic carbocycles. The van der Waals surface area contributed by atoms with E-state index in [4.69, 9.17) is 23.7 Å². The molecule has 9 heteroatoms. The van der Waals surface area contributed by atoms with Crippen molar-refractivity contribution in [1.82, 2.24) is 0 Å². The Bertz CT molecular complexity index is 710. The van der Waals surface area contributed by atoms with Gasteiger partial charge in [-0.15, -0.1) is 0 Å². The summed E-state index contributed by atoms with van der Waals surface area (Å²) in [5.74, 6) is 1.37. The number of non-ortho nitro benzene ring substituents is 1. The fraction of sp³-hybridized carbons (Fsp3) is 0.400. The molecule has 0 N–H and O–H groups in total. The number of hydrogen-bond acceptors (Lipinski definition) is 7. The summed E-state index contributed by atoms with van der Waals surface area (Å²) in [6.45, 7) is 3.65. The standard InChI is InChI=1S/C20H24BrNO7/c21-17-1-5-19(6-2-17)28-15-13-26-11-9-25-10-12-27-14-16-29-20-7-3-18(4-8-20)22(23)24/h1-8H,9-16H2. The third-order valence-electron chi connectivity index (χ3n) is 3.60. The quantitative estimate of drug-likeness (QED) is 0.222. The van der Waals surface area contributed by atoms with Gasteiger partial charge in [0.05, 0.1) is 44.6 Å². The minimum atomic E-state index is -0.449. The van der Waals surface area contributed by atoms with Crippen LogP contribution in [0.25, 0.3) is 0 Å². The van der Waals surface area contributed by atoms with Crippen LogP contribution in [0.2, 0.25) is 0 Å². The Morgan fingerprint density at radius 2 is 1.03 bits per heavy atom. The molecule has 0 atom stereocenters. The lowest BCUT2D eigenvalue weighted by Crippen LogP contribution is -2.14. The monoisotopic (exact) mass is 469 g/mol. The number of rotatable bonds is 15. The van der Waals surface area contributed by atoms with E-state index in [1.165, 1.54) is 12.1 Å². The first-order chi connectivity index (χ1) is 14.1. The van der Waals surface area contributed by atoms with Gasteiger partial charge in [0.2, 0.25) is 0 Å². The molecule has 0 fully saturated rings. The van der Waals surface area contributed by atoms with Gasteiger partial charge < -0.3 is 23.7 Å². The van der Waals surface area contributed by atoms with Gasteiger partial charge in [0.15, 0.2) is 0 Å². The second kappa shape index (κ2) is 13.9. The SMILES string of the molecule is O=[N+]([O-])c1ccc(OCCOCCOCCOCCOc2ccc(Br)cc2)cc1. The fourth-order valence-corrected chi connectivity index (χ4v) is 2.44. The first kappa shape index (κ1) is 23.1. The van der Waals surface area contributed by atoms with Crippen LogP contribution in [0.5, 0.6) is 11.5 Å². The summed E-state index contributed by atoms with van der Waals surface area (Å²) >= 11 is 3.37. The lowest BCUT2D eigenvalue weighted by Gasteiger charge is -2.09. The Morgan fingerprint density at radius 3 is 1.45 bits per heavy atom. The van der Waals surface area contributed by atoms with Crippen molar-refractivity contribution in [1.29, 1.82) is 0 Å². The largest absolute Gasteiger partial charge is 0.491 e. The number of nitro groups is 1. The maximum absolute atomic E-state index is 10.6. The summed E-state index contributed by atoms with van der Waals surface area (Å²) < 4.78 is 28.2. The van der Waals surface area contributed by atoms with Crippen LogP contribution in [-0.4, -0.2) is 57.8 Å². The Hall–Kier alpha value is -2.20. The minimum absolute atomic E-state index is 0.0341. The second-order valence-electron chi connectivity index (χ2n) is 5.74. The third-order valence-corrected chi connectivity index (χ3v) is 4.13. The van der Waals surface area contributed by atoms with Crippen LogP contribution >= 0.6 is 15.9 Å². The van der Waals surface area contributed by atoms with Gasteiger partial charge in [-0.2, -0.15) is 0 Å². The topological polar surface area (TPSA) is 89.3 Å². The molecule has 2 rings (SSSR count). The normalized spacial score (nSPS) is 10.7. The van der Waals surface area contributed by atoms with Gasteiger partial charge in [0.1, 0.15) is 24.7 Å². The van der Waals surface area contributed by atoms with E-state index in [-0.39, 0.29) is 5.69 Å². The summed E-state index contributed by atoms with van der Waals surface area (Å²) in [6.07, 6.45) is 0. The Labute approximate surface area is 177 Å². The van der Waals surface area contributed by atoms with Crippen LogP contribution in [0.15, 0.2) is 53.0 Å². The average molecular weight is 470 g/mol. The van der Waals surface area contributed by atoms with Crippen LogP contribution in [0.3, 0.4) is 0 Å². The van der Waals surface area contributed by atoms with Crippen molar-refractivity contribution in [2.24, 2.45) is 0 Å². The lowest BCUT2D eigenvalue weighted by atomic mass is 10.3. The van der Waals surface area contributed by atoms with Crippen molar-refractivity contribution in [3.05, 3.63) is 63.1 Å². The Balaban J connectivity index is 1.35. The minimum Gasteiger partial charge on any atom is -0.491 e. The highest BCUT2D eigenvalue weighted by Crippen LogP contribution is 2.17. The second-order valence-corrected chi connectivity index (χ2v) is 6.65. The van der Waals surface area contributed by atoms with Crippen LogP contribution in [0.4, 0.5) is 5.69 Å². The van der Waals surface area contributed by atoms with Crippen molar-refractivity contribution < 1.29 is 28.6 Å². The van der Waals surface area contributed by atoms with Gasteiger partial charge in [0.25, 0.3) is 5.69 Å². The van der Waals surface area contributed by atoms with E-state index in [0.717, 1.165) is 10.2 Å². The van der Waals surface area contributed by atoms with E-state index in [1.807, 2.05) is 24.3 Å². The molecule has 0 aliphatic rings. The fourth-order valence-electron chi connectivity index (χ4n) is 2.17. The molecule has 0 unspecified atom stereocenters.